The van der Waals surface area contributed by atoms with Crippen LogP contribution in [0, 0.1) is 30.9 Å². The molecule has 0 N–H and O–H groups in total. The van der Waals surface area contributed by atoms with Crippen LogP contribution in [0.1, 0.15) is 47.8 Å². The van der Waals surface area contributed by atoms with Crippen molar-refractivity contribution in [3.05, 3.63) is 134 Å². The molecule has 242 valence electrons. The number of para-hydroxylation sites is 1. The fourth-order valence-electron chi connectivity index (χ4n) is 5.73. The smallest absolute Gasteiger partial charge is 0.287 e. The summed E-state index contributed by atoms with van der Waals surface area (Å²) in [5.41, 5.74) is 6.58. The van der Waals surface area contributed by atoms with Gasteiger partial charge >= 0.3 is 0 Å². The zero-order chi connectivity index (χ0) is 34.1. The molecular weight excluding hydrogens is 608 g/mol. The molecule has 3 heterocycles. The Bertz CT molecular complexity index is 2250. The van der Waals surface area contributed by atoms with E-state index < -0.39 is 4.92 Å². The molecule has 11 nitrogen and oxygen atoms in total. The molecule has 0 amide bonds. The van der Waals surface area contributed by atoms with Crippen LogP contribution >= 0.6 is 0 Å². The lowest BCUT2D eigenvalue weighted by atomic mass is 9.96. The Hall–Kier alpha value is -6.10. The quantitative estimate of drug-likeness (QED) is 0.0892. The normalized spacial score (nSPS) is 11.5. The molecule has 0 unspecified atom stereocenters. The molecule has 3 aromatic heterocycles. The van der Waals surface area contributed by atoms with E-state index in [2.05, 4.69) is 23.4 Å². The van der Waals surface area contributed by atoms with Crippen molar-refractivity contribution >= 4 is 22.8 Å². The van der Waals surface area contributed by atoms with Crippen molar-refractivity contribution in [2.75, 3.05) is 7.11 Å². The Balaban J connectivity index is 1.37. The van der Waals surface area contributed by atoms with Gasteiger partial charge in [-0.05, 0) is 92.4 Å². The number of pyridine rings is 1. The third-order valence-corrected chi connectivity index (χ3v) is 8.22. The van der Waals surface area contributed by atoms with E-state index in [-0.39, 0.29) is 23.0 Å². The number of hydrogen-bond donors (Lipinski definition) is 0. The lowest BCUT2D eigenvalue weighted by molar-refractivity contribution is -0.385. The number of nitro groups is 1. The van der Waals surface area contributed by atoms with Gasteiger partial charge in [-0.3, -0.25) is 14.9 Å². The van der Waals surface area contributed by atoms with Crippen molar-refractivity contribution in [2.24, 2.45) is 5.10 Å². The maximum atomic E-state index is 13.9. The second-order valence-corrected chi connectivity index (χ2v) is 11.7. The van der Waals surface area contributed by atoms with E-state index in [0.29, 0.717) is 22.5 Å². The molecule has 0 fully saturated rings. The molecule has 48 heavy (non-hydrogen) atoms. The molecule has 0 aliphatic rings. The average Bonchev–Trinajstić information content (AvgIpc) is 3.36. The van der Waals surface area contributed by atoms with Crippen LogP contribution in [-0.4, -0.2) is 37.5 Å². The lowest BCUT2D eigenvalue weighted by Crippen LogP contribution is -2.21. The van der Waals surface area contributed by atoms with Gasteiger partial charge in [-0.15, -0.1) is 0 Å². The van der Waals surface area contributed by atoms with Gasteiger partial charge in [0, 0.05) is 40.3 Å². The van der Waals surface area contributed by atoms with Gasteiger partial charge in [-0.1, -0.05) is 26.0 Å². The molecule has 0 saturated carbocycles. The molecule has 6 rings (SSSR count). The summed E-state index contributed by atoms with van der Waals surface area (Å²) >= 11 is 0. The van der Waals surface area contributed by atoms with Crippen LogP contribution in [0.15, 0.2) is 95.0 Å². The van der Waals surface area contributed by atoms with Crippen LogP contribution < -0.4 is 15.0 Å². The summed E-state index contributed by atoms with van der Waals surface area (Å²) in [5, 5.41) is 16.1. The largest absolute Gasteiger partial charge is 0.496 e. The van der Waals surface area contributed by atoms with Crippen LogP contribution in [0.5, 0.6) is 17.4 Å². The van der Waals surface area contributed by atoms with Gasteiger partial charge in [0.2, 0.25) is 5.88 Å². The van der Waals surface area contributed by atoms with E-state index in [4.69, 9.17) is 19.6 Å². The van der Waals surface area contributed by atoms with E-state index in [1.54, 1.807) is 31.5 Å². The molecule has 11 heteroatoms. The highest BCUT2D eigenvalue weighted by Gasteiger charge is 2.19. The highest BCUT2D eigenvalue weighted by molar-refractivity contribution is 5.84. The van der Waals surface area contributed by atoms with Crippen molar-refractivity contribution in [2.45, 2.75) is 40.5 Å². The number of benzene rings is 3. The van der Waals surface area contributed by atoms with E-state index in [9.17, 15) is 14.9 Å². The first-order valence-corrected chi connectivity index (χ1v) is 15.4. The fraction of sp³-hybridized carbons (Fsp3) is 0.189. The van der Waals surface area contributed by atoms with Crippen LogP contribution in [0.25, 0.3) is 28.0 Å². The van der Waals surface area contributed by atoms with E-state index in [1.165, 1.54) is 16.8 Å². The highest BCUT2D eigenvalue weighted by atomic mass is 16.6. The van der Waals surface area contributed by atoms with Gasteiger partial charge in [0.25, 0.3) is 11.2 Å². The number of aromatic nitrogens is 4. The minimum absolute atomic E-state index is 0.107. The van der Waals surface area contributed by atoms with E-state index >= 15 is 0 Å². The fourth-order valence-corrected chi connectivity index (χ4v) is 5.73. The zero-order valence-electron chi connectivity index (χ0n) is 27.5. The van der Waals surface area contributed by atoms with Crippen LogP contribution in [0.4, 0.5) is 5.69 Å². The first-order valence-electron chi connectivity index (χ1n) is 15.4. The van der Waals surface area contributed by atoms with Gasteiger partial charge in [-0.25, -0.2) is 9.97 Å². The number of ether oxygens (including phenoxy) is 2. The maximum absolute atomic E-state index is 13.9. The number of nitrogens with zero attached hydrogens (tertiary/aromatic N) is 6. The van der Waals surface area contributed by atoms with Crippen LogP contribution in [-0.2, 0) is 0 Å². The summed E-state index contributed by atoms with van der Waals surface area (Å²) in [6, 6.07) is 23.6. The lowest BCUT2D eigenvalue weighted by Gasteiger charge is -2.17. The molecule has 0 radical (unpaired) electrons. The zero-order valence-corrected chi connectivity index (χ0v) is 27.5. The van der Waals surface area contributed by atoms with Gasteiger partial charge in [0.1, 0.15) is 17.7 Å². The summed E-state index contributed by atoms with van der Waals surface area (Å²) in [5.74, 6) is 2.22. The van der Waals surface area contributed by atoms with Gasteiger partial charge in [-0.2, -0.15) is 9.78 Å². The second kappa shape index (κ2) is 13.0. The molecule has 6 aromatic rings. The predicted octanol–water partition coefficient (Wildman–Crippen LogP) is 7.89. The summed E-state index contributed by atoms with van der Waals surface area (Å²) in [6.45, 7) is 10.2. The number of fused-ring (bicyclic) bond motifs is 1. The van der Waals surface area contributed by atoms with E-state index in [1.807, 2.05) is 69.3 Å². The minimum atomic E-state index is -0.508. The molecule has 3 aromatic carbocycles. The van der Waals surface area contributed by atoms with Crippen LogP contribution in [0.3, 0.4) is 0 Å². The predicted molar refractivity (Wildman–Crippen MR) is 186 cm³/mol. The monoisotopic (exact) mass is 642 g/mol. The third-order valence-electron chi connectivity index (χ3n) is 8.22. The Labute approximate surface area is 276 Å². The van der Waals surface area contributed by atoms with E-state index in [0.717, 1.165) is 51.3 Å². The molecule has 0 aliphatic carbocycles. The highest BCUT2D eigenvalue weighted by Crippen LogP contribution is 2.34. The maximum Gasteiger partial charge on any atom is 0.287 e. The minimum Gasteiger partial charge on any atom is -0.496 e. The first-order chi connectivity index (χ1) is 23.0. The molecular formula is C37H34N6O5. The molecule has 0 atom stereocenters. The molecule has 0 aliphatic heterocycles. The summed E-state index contributed by atoms with van der Waals surface area (Å²) in [4.78, 5) is 33.3. The van der Waals surface area contributed by atoms with Crippen molar-refractivity contribution in [3.8, 4) is 34.5 Å². The number of aryl methyl sites for hydroxylation is 2. The Morgan fingerprint density at radius 1 is 0.979 bits per heavy atom. The number of hydrogen-bond acceptors (Lipinski definition) is 8. The number of methoxy groups -OCH3 is 1. The van der Waals surface area contributed by atoms with Crippen LogP contribution in [0.2, 0.25) is 0 Å². The Morgan fingerprint density at radius 3 is 2.40 bits per heavy atom. The molecule has 0 spiro atoms. The van der Waals surface area contributed by atoms with Crippen molar-refractivity contribution < 1.29 is 14.4 Å². The number of rotatable bonds is 9. The third kappa shape index (κ3) is 6.05. The van der Waals surface area contributed by atoms with Crippen molar-refractivity contribution in [3.63, 3.8) is 0 Å². The average molecular weight is 643 g/mol. The topological polar surface area (TPSA) is 127 Å². The molecule has 0 saturated heterocycles. The Morgan fingerprint density at radius 2 is 1.73 bits per heavy atom. The summed E-state index contributed by atoms with van der Waals surface area (Å²) < 4.78 is 14.9. The first kappa shape index (κ1) is 31.9. The SMILES string of the molecule is COc1cc(C)c(-c2nc3ccccc3c(=O)n2N=Cc2cc(C)n(-c3ccc(Oc4ccc([N+](=O)[O-])cn4)cc3)c2C)cc1C(C)C. The Kier molecular flexibility index (Phi) is 8.60. The van der Waals surface area contributed by atoms with Crippen molar-refractivity contribution in [1.82, 2.24) is 19.2 Å². The summed E-state index contributed by atoms with van der Waals surface area (Å²) in [6.07, 6.45) is 2.85. The van der Waals surface area contributed by atoms with Gasteiger partial charge < -0.3 is 14.0 Å². The second-order valence-electron chi connectivity index (χ2n) is 11.7. The molecule has 0 bridgehead atoms. The van der Waals surface area contributed by atoms with Gasteiger partial charge in [0.15, 0.2) is 5.82 Å². The standard InChI is InChI=1S/C37H34N6O5/c1-22(2)31-19-32(23(3)17-34(31)47-6)36-40-33-10-8-7-9-30(33)37(44)42(36)39-20-26-18-24(4)41(25(26)5)27-11-14-29(15-12-27)48-35-16-13-28(21-38-35)43(45)46/h7-22H,1-6H3. The van der Waals surface area contributed by atoms with Crippen molar-refractivity contribution in [1.29, 1.82) is 0 Å². The van der Waals surface area contributed by atoms with Gasteiger partial charge in [0.05, 0.1) is 29.2 Å². The summed E-state index contributed by atoms with van der Waals surface area (Å²) in [7, 11) is 1.66.